The van der Waals surface area contributed by atoms with Crippen LogP contribution in [0.15, 0.2) is 84.9 Å². The number of methoxy groups -OCH3 is 1. The molecule has 33 heavy (non-hydrogen) atoms. The zero-order valence-electron chi connectivity index (χ0n) is 17.6. The number of anilines is 1. The average molecular weight is 458 g/mol. The summed E-state index contributed by atoms with van der Waals surface area (Å²) in [5.74, 6) is -1.83. The number of benzene rings is 3. The fraction of sp³-hybridized carbons (Fsp3) is 0.208. The van der Waals surface area contributed by atoms with Crippen LogP contribution in [0.5, 0.6) is 5.75 Å². The average Bonchev–Trinajstić information content (AvgIpc) is 2.81. The molecule has 0 heterocycles. The number of alkyl halides is 3. The Balaban J connectivity index is 2.20. The summed E-state index contributed by atoms with van der Waals surface area (Å²) in [6.45, 7) is 0. The van der Waals surface area contributed by atoms with Crippen LogP contribution in [0.1, 0.15) is 17.2 Å². The molecule has 2 atom stereocenters. The molecule has 0 saturated heterocycles. The van der Waals surface area contributed by atoms with Crippen molar-refractivity contribution in [3.63, 3.8) is 0 Å². The zero-order valence-corrected chi connectivity index (χ0v) is 17.6. The summed E-state index contributed by atoms with van der Waals surface area (Å²) in [6, 6.07) is 18.4. The number of carbonyl (C=O) groups excluding carboxylic acids is 1. The Morgan fingerprint density at radius 3 is 2.00 bits per heavy atom. The summed E-state index contributed by atoms with van der Waals surface area (Å²) in [4.78, 5) is 24.7. The Bertz CT molecular complexity index is 1070. The molecular weight excluding hydrogens is 437 g/mol. The number of carbonyl (C=O) groups is 1. The first-order valence-corrected chi connectivity index (χ1v) is 9.99. The highest BCUT2D eigenvalue weighted by molar-refractivity contribution is 5.98. The highest BCUT2D eigenvalue weighted by atomic mass is 19.4. The predicted molar refractivity (Wildman–Crippen MR) is 117 cm³/mol. The highest BCUT2D eigenvalue weighted by Gasteiger charge is 2.49. The van der Waals surface area contributed by atoms with Gasteiger partial charge in [0, 0.05) is 17.0 Å². The van der Waals surface area contributed by atoms with Gasteiger partial charge in [0.1, 0.15) is 11.8 Å². The van der Waals surface area contributed by atoms with Crippen LogP contribution in [0.2, 0.25) is 0 Å². The molecule has 3 rings (SSSR count). The second-order valence-electron chi connectivity index (χ2n) is 7.27. The van der Waals surface area contributed by atoms with Crippen molar-refractivity contribution in [2.45, 2.75) is 24.7 Å². The second-order valence-corrected chi connectivity index (χ2v) is 7.27. The number of ether oxygens (including phenoxy) is 1. The normalized spacial score (nSPS) is 13.1. The van der Waals surface area contributed by atoms with Gasteiger partial charge < -0.3 is 4.74 Å². The lowest BCUT2D eigenvalue weighted by Gasteiger charge is -2.34. The maximum atomic E-state index is 13.7. The Morgan fingerprint density at radius 2 is 1.52 bits per heavy atom. The quantitative estimate of drug-likeness (QED) is 0.343. The first-order valence-electron chi connectivity index (χ1n) is 9.99. The van der Waals surface area contributed by atoms with E-state index in [9.17, 15) is 28.1 Å². The van der Waals surface area contributed by atoms with E-state index in [1.165, 1.54) is 43.5 Å². The van der Waals surface area contributed by atoms with Gasteiger partial charge in [0.05, 0.1) is 7.11 Å². The van der Waals surface area contributed by atoms with Crippen molar-refractivity contribution in [2.75, 3.05) is 12.0 Å². The van der Waals surface area contributed by atoms with E-state index >= 15 is 0 Å². The van der Waals surface area contributed by atoms with Gasteiger partial charge >= 0.3 is 12.1 Å². The number of nitro groups is 1. The number of nitrogens with zero attached hydrogens (tertiary/aromatic N) is 2. The van der Waals surface area contributed by atoms with Crippen LogP contribution in [-0.4, -0.2) is 30.2 Å². The van der Waals surface area contributed by atoms with Crippen molar-refractivity contribution in [1.29, 1.82) is 0 Å². The maximum Gasteiger partial charge on any atom is 0.471 e. The third kappa shape index (κ3) is 5.68. The fourth-order valence-electron chi connectivity index (χ4n) is 3.63. The van der Waals surface area contributed by atoms with Crippen molar-refractivity contribution in [3.05, 3.63) is 106 Å². The summed E-state index contributed by atoms with van der Waals surface area (Å²) < 4.78 is 46.2. The standard InChI is InChI=1S/C24H21F3N2O4/c1-33-20-14-12-19(13-15-20)28(23(30)24(25,26)27)22(18-10-6-3-7-11-18)21(29(31)32)16-17-8-4-2-5-9-17/h2-15,21-22H,16H2,1H3/t21-,22+/m0/s1. The zero-order chi connectivity index (χ0) is 24.0. The van der Waals surface area contributed by atoms with E-state index in [1.54, 1.807) is 48.5 Å². The fourth-order valence-corrected chi connectivity index (χ4v) is 3.63. The number of hydrogen-bond donors (Lipinski definition) is 0. The number of rotatable bonds is 8. The molecule has 0 N–H and O–H groups in total. The van der Waals surface area contributed by atoms with Gasteiger partial charge in [-0.05, 0) is 35.4 Å². The monoisotopic (exact) mass is 458 g/mol. The summed E-state index contributed by atoms with van der Waals surface area (Å²) in [5, 5.41) is 12.2. The Morgan fingerprint density at radius 1 is 0.970 bits per heavy atom. The third-order valence-corrected chi connectivity index (χ3v) is 5.15. The largest absolute Gasteiger partial charge is 0.497 e. The number of amides is 1. The van der Waals surface area contributed by atoms with Crippen LogP contribution in [0.4, 0.5) is 18.9 Å². The number of halogens is 3. The molecular formula is C24H21F3N2O4. The minimum absolute atomic E-state index is 0.133. The first kappa shape index (κ1) is 23.8. The number of hydrogen-bond acceptors (Lipinski definition) is 4. The minimum Gasteiger partial charge on any atom is -0.497 e. The molecule has 0 saturated carbocycles. The van der Waals surface area contributed by atoms with Crippen molar-refractivity contribution in [2.24, 2.45) is 0 Å². The predicted octanol–water partition coefficient (Wildman–Crippen LogP) is 5.22. The van der Waals surface area contributed by atoms with Crippen molar-refractivity contribution >= 4 is 11.6 Å². The van der Waals surface area contributed by atoms with E-state index in [1.807, 2.05) is 0 Å². The van der Waals surface area contributed by atoms with E-state index in [-0.39, 0.29) is 17.7 Å². The lowest BCUT2D eigenvalue weighted by Crippen LogP contribution is -2.49. The molecule has 0 aromatic heterocycles. The van der Waals surface area contributed by atoms with Gasteiger partial charge in [0.2, 0.25) is 6.04 Å². The van der Waals surface area contributed by atoms with Crippen LogP contribution in [0, 0.1) is 10.1 Å². The lowest BCUT2D eigenvalue weighted by molar-refractivity contribution is -0.526. The van der Waals surface area contributed by atoms with Crippen LogP contribution < -0.4 is 9.64 Å². The molecule has 0 fully saturated rings. The molecule has 0 radical (unpaired) electrons. The van der Waals surface area contributed by atoms with Crippen molar-refractivity contribution in [1.82, 2.24) is 0 Å². The molecule has 9 heteroatoms. The van der Waals surface area contributed by atoms with Gasteiger partial charge in [0.15, 0.2) is 0 Å². The van der Waals surface area contributed by atoms with Gasteiger partial charge in [-0.25, -0.2) is 0 Å². The molecule has 0 spiro atoms. The van der Waals surface area contributed by atoms with Gasteiger partial charge in [-0.1, -0.05) is 60.7 Å². The van der Waals surface area contributed by atoms with Crippen LogP contribution in [0.3, 0.4) is 0 Å². The minimum atomic E-state index is -5.25. The van der Waals surface area contributed by atoms with E-state index in [4.69, 9.17) is 4.74 Å². The summed E-state index contributed by atoms with van der Waals surface area (Å²) >= 11 is 0. The lowest BCUT2D eigenvalue weighted by atomic mass is 9.92. The molecule has 0 aliphatic carbocycles. The third-order valence-electron chi connectivity index (χ3n) is 5.15. The maximum absolute atomic E-state index is 13.7. The molecule has 0 aliphatic rings. The van der Waals surface area contributed by atoms with Crippen LogP contribution in [0.25, 0.3) is 0 Å². The second kappa shape index (κ2) is 10.2. The molecule has 6 nitrogen and oxygen atoms in total. The first-order chi connectivity index (χ1) is 15.7. The molecule has 0 unspecified atom stereocenters. The van der Waals surface area contributed by atoms with Crippen LogP contribution in [-0.2, 0) is 11.2 Å². The molecule has 0 bridgehead atoms. The van der Waals surface area contributed by atoms with E-state index in [0.29, 0.717) is 16.2 Å². The van der Waals surface area contributed by atoms with Gasteiger partial charge in [-0.3, -0.25) is 19.8 Å². The smallest absolute Gasteiger partial charge is 0.471 e. The topological polar surface area (TPSA) is 72.7 Å². The van der Waals surface area contributed by atoms with E-state index < -0.39 is 29.1 Å². The van der Waals surface area contributed by atoms with E-state index in [0.717, 1.165) is 0 Å². The molecule has 1 amide bonds. The summed E-state index contributed by atoms with van der Waals surface area (Å²) in [5.41, 5.74) is 0.643. The molecule has 3 aromatic carbocycles. The van der Waals surface area contributed by atoms with Gasteiger partial charge in [-0.15, -0.1) is 0 Å². The van der Waals surface area contributed by atoms with Gasteiger partial charge in [-0.2, -0.15) is 13.2 Å². The van der Waals surface area contributed by atoms with Crippen molar-refractivity contribution < 1.29 is 27.6 Å². The molecule has 0 aliphatic heterocycles. The SMILES string of the molecule is COc1ccc(N(C(=O)C(F)(F)F)[C@H](c2ccccc2)[C@H](Cc2ccccc2)[N+](=O)[O-])cc1. The Labute approximate surface area is 188 Å². The summed E-state index contributed by atoms with van der Waals surface area (Å²) in [7, 11) is 1.39. The summed E-state index contributed by atoms with van der Waals surface area (Å²) in [6.07, 6.45) is -5.42. The Hall–Kier alpha value is -3.88. The van der Waals surface area contributed by atoms with Gasteiger partial charge in [0.25, 0.3) is 0 Å². The van der Waals surface area contributed by atoms with E-state index in [2.05, 4.69) is 0 Å². The van der Waals surface area contributed by atoms with Crippen molar-refractivity contribution in [3.8, 4) is 5.75 Å². The Kier molecular flexibility index (Phi) is 7.32. The molecule has 172 valence electrons. The van der Waals surface area contributed by atoms with Crippen LogP contribution >= 0.6 is 0 Å². The molecule has 3 aromatic rings. The highest BCUT2D eigenvalue weighted by Crippen LogP contribution is 2.37.